The van der Waals surface area contributed by atoms with E-state index in [2.05, 4.69) is 4.98 Å². The summed E-state index contributed by atoms with van der Waals surface area (Å²) < 4.78 is 17.4. The molecule has 3 aromatic carbocycles. The summed E-state index contributed by atoms with van der Waals surface area (Å²) in [6.45, 7) is 1.92. The number of aliphatic hydroxyl groups is 1. The van der Waals surface area contributed by atoms with Gasteiger partial charge in [-0.2, -0.15) is 0 Å². The van der Waals surface area contributed by atoms with Gasteiger partial charge in [-0.1, -0.05) is 53.3 Å². The summed E-state index contributed by atoms with van der Waals surface area (Å²) in [5.74, 6) is -0.805. The van der Waals surface area contributed by atoms with Crippen molar-refractivity contribution in [3.05, 3.63) is 94.9 Å². The van der Waals surface area contributed by atoms with Crippen molar-refractivity contribution in [1.82, 2.24) is 4.98 Å². The fourth-order valence-electron chi connectivity index (χ4n) is 4.75. The third-order valence-corrected chi connectivity index (χ3v) is 7.57. The van der Waals surface area contributed by atoms with Crippen LogP contribution in [0.2, 0.25) is 0 Å². The quantitative estimate of drug-likeness (QED) is 0.265. The van der Waals surface area contributed by atoms with Crippen molar-refractivity contribution in [2.75, 3.05) is 19.1 Å². The Morgan fingerprint density at radius 1 is 1.05 bits per heavy atom. The van der Waals surface area contributed by atoms with Gasteiger partial charge in [0.05, 0.1) is 36.1 Å². The minimum Gasteiger partial charge on any atom is -0.503 e. The van der Waals surface area contributed by atoms with Gasteiger partial charge in [0.15, 0.2) is 28.0 Å². The van der Waals surface area contributed by atoms with E-state index >= 15 is 0 Å². The molecule has 190 valence electrons. The van der Waals surface area contributed by atoms with Crippen LogP contribution in [-0.4, -0.2) is 36.0 Å². The Morgan fingerprint density at radius 3 is 2.63 bits per heavy atom. The lowest BCUT2D eigenvalue weighted by molar-refractivity contribution is -0.117. The first-order valence-corrected chi connectivity index (χ1v) is 12.6. The predicted octanol–water partition coefficient (Wildman–Crippen LogP) is 6.15. The van der Waals surface area contributed by atoms with Crippen molar-refractivity contribution < 1.29 is 28.6 Å². The van der Waals surface area contributed by atoms with E-state index in [0.717, 1.165) is 10.3 Å². The fraction of sp³-hybridized carbons (Fsp3) is 0.138. The van der Waals surface area contributed by atoms with Crippen molar-refractivity contribution in [3.8, 4) is 11.5 Å². The molecular weight excluding hydrogens is 504 g/mol. The number of nitrogens with zero attached hydrogens (tertiary/aromatic N) is 2. The van der Waals surface area contributed by atoms with Crippen LogP contribution in [0.15, 0.2) is 82.5 Å². The van der Waals surface area contributed by atoms with Crippen LogP contribution < -0.4 is 14.4 Å². The number of ketones is 1. The van der Waals surface area contributed by atoms with E-state index in [-0.39, 0.29) is 11.3 Å². The van der Waals surface area contributed by atoms with E-state index in [1.54, 1.807) is 43.5 Å². The van der Waals surface area contributed by atoms with Crippen LogP contribution in [0.25, 0.3) is 21.2 Å². The number of furan rings is 1. The molecule has 9 heteroatoms. The van der Waals surface area contributed by atoms with Crippen molar-refractivity contribution in [3.63, 3.8) is 0 Å². The number of ether oxygens (including phenoxy) is 2. The number of Topliss-reactive ketones (excluding diaryl/α,β-unsaturated/α-hetero) is 1. The molecule has 1 aliphatic heterocycles. The maximum absolute atomic E-state index is 13.9. The second kappa shape index (κ2) is 9.04. The van der Waals surface area contributed by atoms with Gasteiger partial charge in [0.1, 0.15) is 5.75 Å². The molecule has 0 bridgehead atoms. The average molecular weight is 527 g/mol. The Hall–Kier alpha value is -4.63. The lowest BCUT2D eigenvalue weighted by Gasteiger charge is -2.24. The van der Waals surface area contributed by atoms with Crippen LogP contribution >= 0.6 is 11.3 Å². The zero-order chi connectivity index (χ0) is 26.6. The van der Waals surface area contributed by atoms with Crippen LogP contribution in [0.5, 0.6) is 11.5 Å². The van der Waals surface area contributed by atoms with Crippen molar-refractivity contribution in [2.24, 2.45) is 0 Å². The Labute approximate surface area is 221 Å². The highest BCUT2D eigenvalue weighted by atomic mass is 32.1. The van der Waals surface area contributed by atoms with Crippen LogP contribution in [-0.2, 0) is 4.79 Å². The van der Waals surface area contributed by atoms with Gasteiger partial charge < -0.3 is 19.0 Å². The van der Waals surface area contributed by atoms with Gasteiger partial charge >= 0.3 is 0 Å². The highest BCUT2D eigenvalue weighted by Crippen LogP contribution is 2.45. The van der Waals surface area contributed by atoms with Crippen molar-refractivity contribution in [1.29, 1.82) is 0 Å². The molecule has 3 heterocycles. The Kier molecular flexibility index (Phi) is 5.65. The first-order valence-electron chi connectivity index (χ1n) is 11.8. The summed E-state index contributed by atoms with van der Waals surface area (Å²) in [5.41, 5.74) is 2.61. The second-order valence-electron chi connectivity index (χ2n) is 8.90. The number of methoxy groups -OCH3 is 2. The van der Waals surface area contributed by atoms with Gasteiger partial charge in [0, 0.05) is 5.39 Å². The normalized spacial score (nSPS) is 15.6. The van der Waals surface area contributed by atoms with E-state index in [9.17, 15) is 14.7 Å². The first kappa shape index (κ1) is 23.7. The number of hydrogen-bond donors (Lipinski definition) is 1. The van der Waals surface area contributed by atoms with E-state index in [0.29, 0.717) is 38.7 Å². The number of anilines is 1. The first-order chi connectivity index (χ1) is 18.4. The Morgan fingerprint density at radius 2 is 1.87 bits per heavy atom. The van der Waals surface area contributed by atoms with Gasteiger partial charge in [-0.3, -0.25) is 14.5 Å². The molecule has 38 heavy (non-hydrogen) atoms. The molecule has 0 spiro atoms. The molecule has 0 radical (unpaired) electrons. The number of para-hydroxylation sites is 1. The lowest BCUT2D eigenvalue weighted by Crippen LogP contribution is -2.31. The van der Waals surface area contributed by atoms with Gasteiger partial charge in [-0.25, -0.2) is 4.98 Å². The number of rotatable bonds is 6. The highest BCUT2D eigenvalue weighted by molar-refractivity contribution is 7.22. The molecule has 5 aromatic rings. The molecule has 0 saturated heterocycles. The molecule has 0 fully saturated rings. The van der Waals surface area contributed by atoms with Gasteiger partial charge in [0.2, 0.25) is 5.78 Å². The van der Waals surface area contributed by atoms with Gasteiger partial charge in [0.25, 0.3) is 5.91 Å². The molecule has 1 aliphatic rings. The van der Waals surface area contributed by atoms with Crippen molar-refractivity contribution >= 4 is 49.3 Å². The summed E-state index contributed by atoms with van der Waals surface area (Å²) in [6.07, 6.45) is 0. The Bertz CT molecular complexity index is 1780. The van der Waals surface area contributed by atoms with E-state index in [1.807, 2.05) is 37.3 Å². The number of aliphatic hydroxyl groups excluding tert-OH is 1. The molecule has 2 aromatic heterocycles. The number of carbonyl (C=O) groups excluding carboxylic acids is 2. The number of thiazole rings is 1. The number of aromatic nitrogens is 1. The zero-order valence-corrected chi connectivity index (χ0v) is 21.5. The average Bonchev–Trinajstić information content (AvgIpc) is 3.61. The van der Waals surface area contributed by atoms with Crippen molar-refractivity contribution in [2.45, 2.75) is 13.0 Å². The summed E-state index contributed by atoms with van der Waals surface area (Å²) in [6, 6.07) is 18.9. The number of amides is 1. The number of fused-ring (bicyclic) bond motifs is 2. The lowest BCUT2D eigenvalue weighted by atomic mass is 9.94. The number of carbonyl (C=O) groups is 2. The van der Waals surface area contributed by atoms with E-state index in [4.69, 9.17) is 13.9 Å². The summed E-state index contributed by atoms with van der Waals surface area (Å²) in [5, 5.41) is 12.1. The molecule has 8 nitrogen and oxygen atoms in total. The fourth-order valence-corrected chi connectivity index (χ4v) is 5.78. The third-order valence-electron chi connectivity index (χ3n) is 6.55. The zero-order valence-electron chi connectivity index (χ0n) is 20.7. The molecule has 6 rings (SSSR count). The topological polar surface area (TPSA) is 102 Å². The maximum Gasteiger partial charge on any atom is 0.296 e. The maximum atomic E-state index is 13.9. The third kappa shape index (κ3) is 3.71. The summed E-state index contributed by atoms with van der Waals surface area (Å²) >= 11 is 1.28. The molecule has 0 aliphatic carbocycles. The van der Waals surface area contributed by atoms with Gasteiger partial charge in [-0.05, 0) is 42.8 Å². The van der Waals surface area contributed by atoms with E-state index in [1.165, 1.54) is 23.3 Å². The summed E-state index contributed by atoms with van der Waals surface area (Å²) in [4.78, 5) is 33.5. The number of hydrogen-bond acceptors (Lipinski definition) is 8. The second-order valence-corrected chi connectivity index (χ2v) is 9.91. The predicted molar refractivity (Wildman–Crippen MR) is 144 cm³/mol. The molecule has 1 amide bonds. The molecule has 0 saturated carbocycles. The summed E-state index contributed by atoms with van der Waals surface area (Å²) in [7, 11) is 3.09. The molecule has 1 N–H and O–H groups in total. The molecule has 1 atom stereocenters. The SMILES string of the molecule is COc1ccc2nc(N3C(=O)C(O)=C(C(=O)c4cc5cccc(OC)c5o4)C3c3cccc(C)c3)sc2c1. The monoisotopic (exact) mass is 526 g/mol. The Balaban J connectivity index is 1.50. The van der Waals surface area contributed by atoms with Gasteiger partial charge in [-0.15, -0.1) is 0 Å². The standard InChI is InChI=1S/C29H22N2O6S/c1-15-6-4-7-16(12-15)24-23(25(32)21-13-17-8-5-9-20(36-3)27(17)37-21)26(33)28(34)31(24)29-30-19-11-10-18(35-2)14-22(19)38-29/h4-14,24,33H,1-3H3. The smallest absolute Gasteiger partial charge is 0.296 e. The molecular formula is C29H22N2O6S. The largest absolute Gasteiger partial charge is 0.503 e. The van der Waals surface area contributed by atoms with E-state index < -0.39 is 23.5 Å². The van der Waals surface area contributed by atoms with Crippen LogP contribution in [0, 0.1) is 6.92 Å². The van der Waals surface area contributed by atoms with Crippen LogP contribution in [0.1, 0.15) is 27.7 Å². The molecule has 1 unspecified atom stereocenters. The number of benzene rings is 3. The highest BCUT2D eigenvalue weighted by Gasteiger charge is 2.46. The minimum absolute atomic E-state index is 0.00705. The van der Waals surface area contributed by atoms with Crippen LogP contribution in [0.4, 0.5) is 5.13 Å². The van der Waals surface area contributed by atoms with Crippen LogP contribution in [0.3, 0.4) is 0 Å². The minimum atomic E-state index is -0.910. The number of aryl methyl sites for hydroxylation is 1.